The molecule has 0 aromatic heterocycles. The smallest absolute Gasteiger partial charge is 0.323 e. The predicted molar refractivity (Wildman–Crippen MR) is 61.7 cm³/mol. The Kier molecular flexibility index (Phi) is 3.85. The average molecular weight is 237 g/mol. The van der Waals surface area contributed by atoms with Crippen molar-refractivity contribution in [2.24, 2.45) is 5.73 Å². The summed E-state index contributed by atoms with van der Waals surface area (Å²) in [6, 6.07) is 6.59. The van der Waals surface area contributed by atoms with Crippen LogP contribution < -0.4 is 10.5 Å². The minimum absolute atomic E-state index is 0.211. The number of aliphatic carboxylic acids is 1. The first-order chi connectivity index (χ1) is 7.81. The predicted octanol–water partition coefficient (Wildman–Crippen LogP) is 0.956. The van der Waals surface area contributed by atoms with E-state index in [4.69, 9.17) is 15.6 Å². The standard InChI is InChI=1S/C12H15NO4/c1-8(14)17-10-5-3-9(4-6-10)7-12(2,13)11(15)16/h3-6H,7,13H2,1-2H3,(H,15,16)/t12-/m0/s1. The van der Waals surface area contributed by atoms with Crippen molar-refractivity contribution in [3.63, 3.8) is 0 Å². The van der Waals surface area contributed by atoms with Crippen LogP contribution in [0.2, 0.25) is 0 Å². The van der Waals surface area contributed by atoms with E-state index in [9.17, 15) is 9.59 Å². The third-order valence-electron chi connectivity index (χ3n) is 2.24. The molecule has 0 saturated carbocycles. The Balaban J connectivity index is 2.75. The molecule has 0 aliphatic rings. The molecule has 0 bridgehead atoms. The molecule has 3 N–H and O–H groups in total. The highest BCUT2D eigenvalue weighted by Crippen LogP contribution is 2.16. The number of hydrogen-bond donors (Lipinski definition) is 2. The van der Waals surface area contributed by atoms with Crippen molar-refractivity contribution in [2.45, 2.75) is 25.8 Å². The molecule has 0 aliphatic carbocycles. The van der Waals surface area contributed by atoms with Gasteiger partial charge in [0.05, 0.1) is 0 Å². The van der Waals surface area contributed by atoms with Crippen molar-refractivity contribution in [2.75, 3.05) is 0 Å². The zero-order valence-electron chi connectivity index (χ0n) is 9.77. The maximum Gasteiger partial charge on any atom is 0.323 e. The van der Waals surface area contributed by atoms with Crippen LogP contribution in [0.5, 0.6) is 5.75 Å². The number of hydrogen-bond acceptors (Lipinski definition) is 4. The molecule has 0 spiro atoms. The third kappa shape index (κ3) is 3.88. The molecule has 0 amide bonds. The van der Waals surface area contributed by atoms with Gasteiger partial charge in [-0.1, -0.05) is 12.1 Å². The molecule has 0 radical (unpaired) electrons. The molecule has 17 heavy (non-hydrogen) atoms. The summed E-state index contributed by atoms with van der Waals surface area (Å²) < 4.78 is 4.86. The first-order valence-electron chi connectivity index (χ1n) is 5.11. The molecule has 0 aliphatic heterocycles. The first kappa shape index (κ1) is 13.2. The van der Waals surface area contributed by atoms with Crippen LogP contribution >= 0.6 is 0 Å². The Morgan fingerprint density at radius 3 is 2.29 bits per heavy atom. The van der Waals surface area contributed by atoms with Gasteiger partial charge in [0.2, 0.25) is 0 Å². The van der Waals surface area contributed by atoms with Gasteiger partial charge < -0.3 is 15.6 Å². The van der Waals surface area contributed by atoms with Crippen LogP contribution in [0.25, 0.3) is 0 Å². The lowest BCUT2D eigenvalue weighted by Gasteiger charge is -2.19. The van der Waals surface area contributed by atoms with Crippen LogP contribution in [-0.2, 0) is 16.0 Å². The number of nitrogens with two attached hydrogens (primary N) is 1. The van der Waals surface area contributed by atoms with E-state index < -0.39 is 17.5 Å². The summed E-state index contributed by atoms with van der Waals surface area (Å²) in [7, 11) is 0. The molecule has 1 rings (SSSR count). The van der Waals surface area contributed by atoms with E-state index in [1.807, 2.05) is 0 Å². The summed E-state index contributed by atoms with van der Waals surface area (Å²) in [4.78, 5) is 21.5. The van der Waals surface area contributed by atoms with Gasteiger partial charge in [0, 0.05) is 13.3 Å². The fourth-order valence-electron chi connectivity index (χ4n) is 1.34. The second-order valence-corrected chi connectivity index (χ2v) is 4.14. The number of ether oxygens (including phenoxy) is 1. The van der Waals surface area contributed by atoms with E-state index in [0.717, 1.165) is 5.56 Å². The van der Waals surface area contributed by atoms with E-state index in [-0.39, 0.29) is 6.42 Å². The number of carbonyl (C=O) groups excluding carboxylic acids is 1. The van der Waals surface area contributed by atoms with Crippen LogP contribution in [0.4, 0.5) is 0 Å². The van der Waals surface area contributed by atoms with E-state index in [1.165, 1.54) is 13.8 Å². The topological polar surface area (TPSA) is 89.6 Å². The molecule has 1 aromatic rings. The molecular formula is C12H15NO4. The summed E-state index contributed by atoms with van der Waals surface area (Å²) >= 11 is 0. The van der Waals surface area contributed by atoms with Gasteiger partial charge in [-0.25, -0.2) is 0 Å². The van der Waals surface area contributed by atoms with Crippen LogP contribution in [0.1, 0.15) is 19.4 Å². The van der Waals surface area contributed by atoms with Crippen LogP contribution in [0, 0.1) is 0 Å². The Hall–Kier alpha value is -1.88. The maximum absolute atomic E-state index is 10.8. The van der Waals surface area contributed by atoms with E-state index in [0.29, 0.717) is 5.75 Å². The van der Waals surface area contributed by atoms with E-state index in [1.54, 1.807) is 24.3 Å². The van der Waals surface area contributed by atoms with Gasteiger partial charge in [0.25, 0.3) is 0 Å². The maximum atomic E-state index is 10.8. The van der Waals surface area contributed by atoms with Crippen molar-refractivity contribution in [1.82, 2.24) is 0 Å². The monoisotopic (exact) mass is 237 g/mol. The van der Waals surface area contributed by atoms with Crippen molar-refractivity contribution in [3.05, 3.63) is 29.8 Å². The second-order valence-electron chi connectivity index (χ2n) is 4.14. The summed E-state index contributed by atoms with van der Waals surface area (Å²) in [5.74, 6) is -1.02. The quantitative estimate of drug-likeness (QED) is 0.601. The highest BCUT2D eigenvalue weighted by molar-refractivity contribution is 5.78. The molecule has 0 saturated heterocycles. The molecule has 92 valence electrons. The molecule has 0 fully saturated rings. The summed E-state index contributed by atoms with van der Waals surface area (Å²) in [6.07, 6.45) is 0.211. The summed E-state index contributed by atoms with van der Waals surface area (Å²) in [5, 5.41) is 8.88. The van der Waals surface area contributed by atoms with Gasteiger partial charge >= 0.3 is 11.9 Å². The zero-order valence-corrected chi connectivity index (χ0v) is 9.77. The molecule has 1 atom stereocenters. The largest absolute Gasteiger partial charge is 0.480 e. The normalized spacial score (nSPS) is 13.8. The minimum atomic E-state index is -1.30. The fourth-order valence-corrected chi connectivity index (χ4v) is 1.34. The van der Waals surface area contributed by atoms with Gasteiger partial charge in [-0.15, -0.1) is 0 Å². The Morgan fingerprint density at radius 1 is 1.35 bits per heavy atom. The number of carbonyl (C=O) groups is 2. The highest BCUT2D eigenvalue weighted by Gasteiger charge is 2.27. The summed E-state index contributed by atoms with van der Waals surface area (Å²) in [5.41, 5.74) is 5.09. The molecule has 1 aromatic carbocycles. The lowest BCUT2D eigenvalue weighted by molar-refractivity contribution is -0.142. The van der Waals surface area contributed by atoms with Gasteiger partial charge in [0.15, 0.2) is 0 Å². The van der Waals surface area contributed by atoms with E-state index >= 15 is 0 Å². The van der Waals surface area contributed by atoms with Crippen molar-refractivity contribution in [3.8, 4) is 5.75 Å². The lowest BCUT2D eigenvalue weighted by Crippen LogP contribution is -2.46. The molecule has 0 heterocycles. The highest BCUT2D eigenvalue weighted by atomic mass is 16.5. The minimum Gasteiger partial charge on any atom is -0.480 e. The van der Waals surface area contributed by atoms with Gasteiger partial charge in [-0.2, -0.15) is 0 Å². The van der Waals surface area contributed by atoms with Gasteiger partial charge in [0.1, 0.15) is 11.3 Å². The Morgan fingerprint density at radius 2 is 1.88 bits per heavy atom. The number of carboxylic acids is 1. The van der Waals surface area contributed by atoms with Crippen molar-refractivity contribution >= 4 is 11.9 Å². The number of esters is 1. The fraction of sp³-hybridized carbons (Fsp3) is 0.333. The van der Waals surface area contributed by atoms with Crippen molar-refractivity contribution < 1.29 is 19.4 Å². The van der Waals surface area contributed by atoms with Gasteiger partial charge in [-0.3, -0.25) is 9.59 Å². The van der Waals surface area contributed by atoms with Crippen LogP contribution in [0.3, 0.4) is 0 Å². The molecule has 5 nitrogen and oxygen atoms in total. The molecule has 5 heteroatoms. The number of carboxylic acid groups (broad SMARTS) is 1. The third-order valence-corrected chi connectivity index (χ3v) is 2.24. The zero-order chi connectivity index (χ0) is 13.1. The van der Waals surface area contributed by atoms with Crippen LogP contribution in [0.15, 0.2) is 24.3 Å². The van der Waals surface area contributed by atoms with E-state index in [2.05, 4.69) is 0 Å². The number of benzene rings is 1. The Labute approximate surface area is 99.2 Å². The average Bonchev–Trinajstić information content (AvgIpc) is 2.19. The molecular weight excluding hydrogens is 222 g/mol. The summed E-state index contributed by atoms with van der Waals surface area (Å²) in [6.45, 7) is 2.77. The number of rotatable bonds is 4. The van der Waals surface area contributed by atoms with Crippen LogP contribution in [-0.4, -0.2) is 22.6 Å². The van der Waals surface area contributed by atoms with Gasteiger partial charge in [-0.05, 0) is 24.6 Å². The Bertz CT molecular complexity index is 423. The molecule has 0 unspecified atom stereocenters. The SMILES string of the molecule is CC(=O)Oc1ccc(C[C@](C)(N)C(=O)O)cc1. The second kappa shape index (κ2) is 4.97. The van der Waals surface area contributed by atoms with Crippen molar-refractivity contribution in [1.29, 1.82) is 0 Å². The first-order valence-corrected chi connectivity index (χ1v) is 5.11. The lowest BCUT2D eigenvalue weighted by atomic mass is 9.94.